The Kier molecular flexibility index (Phi) is 2.01. The van der Waals surface area contributed by atoms with Gasteiger partial charge in [0.05, 0.1) is 17.2 Å². The van der Waals surface area contributed by atoms with Crippen molar-refractivity contribution in [2.24, 2.45) is 7.05 Å². The summed E-state index contributed by atoms with van der Waals surface area (Å²) in [5, 5.41) is 0. The summed E-state index contributed by atoms with van der Waals surface area (Å²) in [5.74, 6) is 1.07. The first-order valence-electron chi connectivity index (χ1n) is 5.10. The van der Waals surface area contributed by atoms with Gasteiger partial charge in [-0.05, 0) is 6.07 Å². The van der Waals surface area contributed by atoms with Crippen molar-refractivity contribution in [3.63, 3.8) is 0 Å². The van der Waals surface area contributed by atoms with Crippen LogP contribution >= 0.6 is 0 Å². The third-order valence-corrected chi connectivity index (χ3v) is 2.62. The Balaban J connectivity index is 2.32. The Morgan fingerprint density at radius 3 is 2.76 bits per heavy atom. The van der Waals surface area contributed by atoms with E-state index >= 15 is 0 Å². The van der Waals surface area contributed by atoms with E-state index in [0.29, 0.717) is 17.3 Å². The van der Waals surface area contributed by atoms with Crippen LogP contribution in [0.1, 0.15) is 0 Å². The van der Waals surface area contributed by atoms with E-state index in [1.807, 2.05) is 17.7 Å². The van der Waals surface area contributed by atoms with Crippen molar-refractivity contribution >= 4 is 16.9 Å². The summed E-state index contributed by atoms with van der Waals surface area (Å²) in [6, 6.07) is 1.85. The second-order valence-electron chi connectivity index (χ2n) is 3.65. The molecule has 0 bridgehead atoms. The van der Waals surface area contributed by atoms with E-state index in [-0.39, 0.29) is 0 Å². The van der Waals surface area contributed by atoms with E-state index in [9.17, 15) is 0 Å². The molecule has 0 aliphatic heterocycles. The fourth-order valence-corrected chi connectivity index (χ4v) is 1.77. The van der Waals surface area contributed by atoms with E-state index in [4.69, 9.17) is 5.73 Å². The lowest BCUT2D eigenvalue weighted by atomic mass is 10.4. The van der Waals surface area contributed by atoms with Gasteiger partial charge in [0.2, 0.25) is 0 Å². The molecule has 0 spiro atoms. The standard InChI is InChI=1S/C11H10N6/c1-17-8-6-13-3-2-7(8)16-11(17)9-10(12)15-5-4-14-9/h2-6H,1H3,(H2,12,15). The maximum absolute atomic E-state index is 5.80. The van der Waals surface area contributed by atoms with Crippen LogP contribution in [0.25, 0.3) is 22.6 Å². The molecule has 2 N–H and O–H groups in total. The van der Waals surface area contributed by atoms with E-state index in [2.05, 4.69) is 19.9 Å². The monoisotopic (exact) mass is 226 g/mol. The Labute approximate surface area is 97.2 Å². The fourth-order valence-electron chi connectivity index (χ4n) is 1.77. The van der Waals surface area contributed by atoms with Gasteiger partial charge in [-0.25, -0.2) is 15.0 Å². The van der Waals surface area contributed by atoms with Crippen LogP contribution < -0.4 is 5.73 Å². The number of imidazole rings is 1. The minimum absolute atomic E-state index is 0.374. The third kappa shape index (κ3) is 1.42. The Hall–Kier alpha value is -2.50. The minimum Gasteiger partial charge on any atom is -0.382 e. The molecule has 3 heterocycles. The number of hydrogen-bond acceptors (Lipinski definition) is 5. The van der Waals surface area contributed by atoms with Gasteiger partial charge in [-0.2, -0.15) is 0 Å². The predicted octanol–water partition coefficient (Wildman–Crippen LogP) is 1.01. The summed E-state index contributed by atoms with van der Waals surface area (Å²) in [5.41, 5.74) is 8.19. The molecule has 0 atom stereocenters. The number of aryl methyl sites for hydroxylation is 1. The second kappa shape index (κ2) is 3.51. The lowest BCUT2D eigenvalue weighted by molar-refractivity contribution is 0.945. The molecule has 0 saturated carbocycles. The molecule has 0 aliphatic rings. The summed E-state index contributed by atoms with van der Waals surface area (Å²) in [6.07, 6.45) is 6.63. The predicted molar refractivity (Wildman–Crippen MR) is 63.9 cm³/mol. The van der Waals surface area contributed by atoms with Crippen LogP contribution in [-0.4, -0.2) is 24.5 Å². The summed E-state index contributed by atoms with van der Waals surface area (Å²) < 4.78 is 1.91. The Morgan fingerprint density at radius 1 is 1.18 bits per heavy atom. The van der Waals surface area contributed by atoms with Crippen LogP contribution in [-0.2, 0) is 7.05 Å². The zero-order valence-electron chi connectivity index (χ0n) is 9.20. The number of nitrogens with two attached hydrogens (primary N) is 1. The number of aromatic nitrogens is 5. The van der Waals surface area contributed by atoms with Gasteiger partial charge in [0.25, 0.3) is 0 Å². The third-order valence-electron chi connectivity index (χ3n) is 2.62. The Bertz CT molecular complexity index is 687. The van der Waals surface area contributed by atoms with Crippen molar-refractivity contribution in [1.29, 1.82) is 0 Å². The molecule has 0 radical (unpaired) electrons. The summed E-state index contributed by atoms with van der Waals surface area (Å²) in [6.45, 7) is 0. The van der Waals surface area contributed by atoms with Crippen molar-refractivity contribution in [2.75, 3.05) is 5.73 Å². The van der Waals surface area contributed by atoms with Gasteiger partial charge in [-0.3, -0.25) is 4.98 Å². The second-order valence-corrected chi connectivity index (χ2v) is 3.65. The summed E-state index contributed by atoms with van der Waals surface area (Å²) >= 11 is 0. The molecule has 3 aromatic heterocycles. The molecular formula is C11H10N6. The molecule has 0 unspecified atom stereocenters. The van der Waals surface area contributed by atoms with Gasteiger partial charge in [-0.15, -0.1) is 0 Å². The average Bonchev–Trinajstić information content (AvgIpc) is 2.68. The topological polar surface area (TPSA) is 82.5 Å². The molecule has 84 valence electrons. The average molecular weight is 226 g/mol. The van der Waals surface area contributed by atoms with Gasteiger partial charge in [0, 0.05) is 25.6 Å². The largest absolute Gasteiger partial charge is 0.382 e. The van der Waals surface area contributed by atoms with E-state index < -0.39 is 0 Å². The first-order chi connectivity index (χ1) is 8.27. The van der Waals surface area contributed by atoms with Crippen LogP contribution in [0.4, 0.5) is 5.82 Å². The van der Waals surface area contributed by atoms with Crippen LogP contribution in [0.3, 0.4) is 0 Å². The minimum atomic E-state index is 0.374. The highest BCUT2D eigenvalue weighted by Gasteiger charge is 2.13. The maximum Gasteiger partial charge on any atom is 0.163 e. The lowest BCUT2D eigenvalue weighted by Crippen LogP contribution is -2.00. The molecule has 0 saturated heterocycles. The van der Waals surface area contributed by atoms with Crippen LogP contribution in [0.15, 0.2) is 30.9 Å². The first-order valence-corrected chi connectivity index (χ1v) is 5.10. The number of hydrogen-bond donors (Lipinski definition) is 1. The number of fused-ring (bicyclic) bond motifs is 1. The smallest absolute Gasteiger partial charge is 0.163 e. The maximum atomic E-state index is 5.80. The molecule has 17 heavy (non-hydrogen) atoms. The zero-order chi connectivity index (χ0) is 11.8. The molecule has 3 aromatic rings. The molecule has 0 aromatic carbocycles. The van der Waals surface area contributed by atoms with Gasteiger partial charge < -0.3 is 10.3 Å². The van der Waals surface area contributed by atoms with Crippen molar-refractivity contribution in [3.05, 3.63) is 30.9 Å². The van der Waals surface area contributed by atoms with Crippen molar-refractivity contribution in [2.45, 2.75) is 0 Å². The summed E-state index contributed by atoms with van der Waals surface area (Å²) in [4.78, 5) is 16.8. The van der Waals surface area contributed by atoms with Crippen molar-refractivity contribution < 1.29 is 0 Å². The molecule has 0 amide bonds. The molecule has 6 nitrogen and oxygen atoms in total. The van der Waals surface area contributed by atoms with E-state index in [1.54, 1.807) is 24.8 Å². The number of rotatable bonds is 1. The molecule has 0 aliphatic carbocycles. The van der Waals surface area contributed by atoms with Crippen LogP contribution in [0, 0.1) is 0 Å². The SMILES string of the molecule is Cn1c(-c2nccnc2N)nc2ccncc21. The van der Waals surface area contributed by atoms with E-state index in [0.717, 1.165) is 11.0 Å². The quantitative estimate of drug-likeness (QED) is 0.669. The van der Waals surface area contributed by atoms with Crippen LogP contribution in [0.2, 0.25) is 0 Å². The summed E-state index contributed by atoms with van der Waals surface area (Å²) in [7, 11) is 1.90. The fraction of sp³-hybridized carbons (Fsp3) is 0.0909. The molecular weight excluding hydrogens is 216 g/mol. The number of pyridine rings is 1. The highest BCUT2D eigenvalue weighted by atomic mass is 15.1. The van der Waals surface area contributed by atoms with Gasteiger partial charge in [0.1, 0.15) is 5.69 Å². The van der Waals surface area contributed by atoms with Gasteiger partial charge in [0.15, 0.2) is 11.6 Å². The molecule has 3 rings (SSSR count). The molecule has 6 heteroatoms. The normalized spacial score (nSPS) is 10.9. The number of nitrogen functional groups attached to an aromatic ring is 1. The van der Waals surface area contributed by atoms with Gasteiger partial charge in [-0.1, -0.05) is 0 Å². The Morgan fingerprint density at radius 2 is 2.00 bits per heavy atom. The van der Waals surface area contributed by atoms with E-state index in [1.165, 1.54) is 0 Å². The first kappa shape index (κ1) is 9.71. The van der Waals surface area contributed by atoms with Crippen LogP contribution in [0.5, 0.6) is 0 Å². The zero-order valence-corrected chi connectivity index (χ0v) is 9.20. The number of anilines is 1. The number of nitrogens with zero attached hydrogens (tertiary/aromatic N) is 5. The van der Waals surface area contributed by atoms with Gasteiger partial charge >= 0.3 is 0 Å². The van der Waals surface area contributed by atoms with Crippen molar-refractivity contribution in [3.8, 4) is 11.5 Å². The highest BCUT2D eigenvalue weighted by Crippen LogP contribution is 2.23. The molecule has 0 fully saturated rings. The lowest BCUT2D eigenvalue weighted by Gasteiger charge is -2.02. The highest BCUT2D eigenvalue weighted by molar-refractivity contribution is 5.80. The van der Waals surface area contributed by atoms with Crippen molar-refractivity contribution in [1.82, 2.24) is 24.5 Å².